The fourth-order valence-corrected chi connectivity index (χ4v) is 2.30. The Bertz CT molecular complexity index is 554. The minimum Gasteiger partial charge on any atom is -0.389 e. The molecule has 1 N–H and O–H groups in total. The van der Waals surface area contributed by atoms with Crippen LogP contribution in [0.25, 0.3) is 16.3 Å². The second-order valence-corrected chi connectivity index (χ2v) is 4.21. The van der Waals surface area contributed by atoms with Gasteiger partial charge in [-0.2, -0.15) is 0 Å². The molecule has 0 fully saturated rings. The van der Waals surface area contributed by atoms with Crippen molar-refractivity contribution >= 4 is 16.3 Å². The van der Waals surface area contributed by atoms with E-state index in [4.69, 9.17) is 0 Å². The number of allylic oxidation sites excluding steroid dienone is 1. The number of hydrogen-bond acceptors (Lipinski definition) is 2. The van der Waals surface area contributed by atoms with Crippen LogP contribution in [0.15, 0.2) is 42.7 Å². The Kier molecular flexibility index (Phi) is 2.22. The summed E-state index contributed by atoms with van der Waals surface area (Å²) in [6.45, 7) is 0. The van der Waals surface area contributed by atoms with Gasteiger partial charge in [-0.15, -0.1) is 0 Å². The number of aromatic nitrogens is 1. The van der Waals surface area contributed by atoms with Crippen molar-refractivity contribution in [1.82, 2.24) is 4.98 Å². The van der Waals surface area contributed by atoms with E-state index >= 15 is 0 Å². The maximum Gasteiger partial charge on any atom is 0.0730 e. The van der Waals surface area contributed by atoms with Gasteiger partial charge in [0, 0.05) is 23.3 Å². The highest BCUT2D eigenvalue weighted by Crippen LogP contribution is 2.31. The number of rotatable bonds is 1. The van der Waals surface area contributed by atoms with Crippen molar-refractivity contribution in [3.8, 4) is 0 Å². The first-order valence-electron chi connectivity index (χ1n) is 5.56. The molecule has 0 bridgehead atoms. The third-order valence-corrected chi connectivity index (χ3v) is 3.12. The molecule has 0 saturated heterocycles. The number of aliphatic hydroxyl groups is 1. The lowest BCUT2D eigenvalue weighted by atomic mass is 10.0. The largest absolute Gasteiger partial charge is 0.389 e. The zero-order valence-corrected chi connectivity index (χ0v) is 8.93. The molecule has 1 atom stereocenters. The predicted octanol–water partition coefficient (Wildman–Crippen LogP) is 2.77. The highest BCUT2D eigenvalue weighted by molar-refractivity contribution is 5.93. The summed E-state index contributed by atoms with van der Waals surface area (Å²) in [5.41, 5.74) is 2.38. The Morgan fingerprint density at radius 3 is 2.88 bits per heavy atom. The van der Waals surface area contributed by atoms with Gasteiger partial charge >= 0.3 is 0 Å². The van der Waals surface area contributed by atoms with Crippen LogP contribution in [0.5, 0.6) is 0 Å². The third kappa shape index (κ3) is 1.51. The highest BCUT2D eigenvalue weighted by Gasteiger charge is 2.16. The molecule has 1 aliphatic carbocycles. The van der Waals surface area contributed by atoms with Gasteiger partial charge in [-0.25, -0.2) is 0 Å². The molecule has 0 radical (unpaired) electrons. The topological polar surface area (TPSA) is 33.1 Å². The summed E-state index contributed by atoms with van der Waals surface area (Å²) in [6.07, 6.45) is 7.21. The normalized spacial score (nSPS) is 20.1. The molecule has 1 heterocycles. The molecule has 1 aromatic carbocycles. The summed E-state index contributed by atoms with van der Waals surface area (Å²) >= 11 is 0. The third-order valence-electron chi connectivity index (χ3n) is 3.12. The summed E-state index contributed by atoms with van der Waals surface area (Å²) in [5.74, 6) is 0. The molecule has 3 rings (SSSR count). The van der Waals surface area contributed by atoms with Crippen molar-refractivity contribution in [2.45, 2.75) is 18.9 Å². The Morgan fingerprint density at radius 2 is 2.06 bits per heavy atom. The lowest BCUT2D eigenvalue weighted by Crippen LogP contribution is -1.93. The fourth-order valence-electron chi connectivity index (χ4n) is 2.30. The standard InChI is InChI=1S/C14H13NO/c16-12-6-5-10(7-12)14-9-15-8-11-3-1-2-4-13(11)14/h1-4,7-9,12,16H,5-6H2. The Morgan fingerprint density at radius 1 is 1.19 bits per heavy atom. The summed E-state index contributed by atoms with van der Waals surface area (Å²) in [5, 5.41) is 11.9. The first-order valence-corrected chi connectivity index (χ1v) is 5.56. The summed E-state index contributed by atoms with van der Waals surface area (Å²) in [7, 11) is 0. The van der Waals surface area contributed by atoms with Crippen LogP contribution < -0.4 is 0 Å². The average molecular weight is 211 g/mol. The van der Waals surface area contributed by atoms with Gasteiger partial charge in [0.1, 0.15) is 0 Å². The maximum atomic E-state index is 9.54. The van der Waals surface area contributed by atoms with Crippen molar-refractivity contribution in [3.05, 3.63) is 48.3 Å². The summed E-state index contributed by atoms with van der Waals surface area (Å²) in [4.78, 5) is 4.26. The molecule has 0 saturated carbocycles. The molecule has 0 spiro atoms. The van der Waals surface area contributed by atoms with Crippen LogP contribution in [0.3, 0.4) is 0 Å². The SMILES string of the molecule is OC1C=C(c2cncc3ccccc23)CC1. The molecule has 2 heteroatoms. The van der Waals surface area contributed by atoms with Crippen LogP contribution in [-0.2, 0) is 0 Å². The van der Waals surface area contributed by atoms with Crippen molar-refractivity contribution in [2.75, 3.05) is 0 Å². The van der Waals surface area contributed by atoms with E-state index in [0.717, 1.165) is 23.8 Å². The maximum absolute atomic E-state index is 9.54. The monoisotopic (exact) mass is 211 g/mol. The van der Waals surface area contributed by atoms with E-state index in [1.165, 1.54) is 11.0 Å². The number of nitrogens with zero attached hydrogens (tertiary/aromatic N) is 1. The van der Waals surface area contributed by atoms with E-state index in [0.29, 0.717) is 0 Å². The van der Waals surface area contributed by atoms with Gasteiger partial charge in [0.05, 0.1) is 6.10 Å². The number of pyridine rings is 1. The van der Waals surface area contributed by atoms with Crippen LogP contribution in [-0.4, -0.2) is 16.2 Å². The first-order chi connectivity index (χ1) is 7.84. The van der Waals surface area contributed by atoms with Crippen LogP contribution in [0.2, 0.25) is 0 Å². The second kappa shape index (κ2) is 3.72. The van der Waals surface area contributed by atoms with Crippen molar-refractivity contribution in [3.63, 3.8) is 0 Å². The Balaban J connectivity index is 2.20. The molecule has 0 amide bonds. The zero-order chi connectivity index (χ0) is 11.0. The van der Waals surface area contributed by atoms with Gasteiger partial charge in [-0.1, -0.05) is 30.3 Å². The Labute approximate surface area is 94.3 Å². The van der Waals surface area contributed by atoms with E-state index in [1.807, 2.05) is 30.6 Å². The average Bonchev–Trinajstić information content (AvgIpc) is 2.75. The highest BCUT2D eigenvalue weighted by atomic mass is 16.3. The smallest absolute Gasteiger partial charge is 0.0730 e. The number of aliphatic hydroxyl groups excluding tert-OH is 1. The molecule has 1 aromatic heterocycles. The predicted molar refractivity (Wildman–Crippen MR) is 65.0 cm³/mol. The first kappa shape index (κ1) is 9.55. The molecule has 1 unspecified atom stereocenters. The van der Waals surface area contributed by atoms with Gasteiger partial charge in [0.15, 0.2) is 0 Å². The Hall–Kier alpha value is -1.67. The molecule has 2 nitrogen and oxygen atoms in total. The van der Waals surface area contributed by atoms with Crippen LogP contribution in [0.4, 0.5) is 0 Å². The van der Waals surface area contributed by atoms with Crippen molar-refractivity contribution < 1.29 is 5.11 Å². The summed E-state index contributed by atoms with van der Waals surface area (Å²) < 4.78 is 0. The van der Waals surface area contributed by atoms with Gasteiger partial charge < -0.3 is 5.11 Å². The molecule has 0 aliphatic heterocycles. The lowest BCUT2D eigenvalue weighted by Gasteiger charge is -2.06. The minimum atomic E-state index is -0.283. The molecule has 1 aliphatic rings. The minimum absolute atomic E-state index is 0.283. The van der Waals surface area contributed by atoms with E-state index in [1.54, 1.807) is 0 Å². The zero-order valence-electron chi connectivity index (χ0n) is 8.93. The van der Waals surface area contributed by atoms with Crippen molar-refractivity contribution in [2.24, 2.45) is 0 Å². The summed E-state index contributed by atoms with van der Waals surface area (Å²) in [6, 6.07) is 8.24. The van der Waals surface area contributed by atoms with Gasteiger partial charge in [0.25, 0.3) is 0 Å². The second-order valence-electron chi connectivity index (χ2n) is 4.21. The van der Waals surface area contributed by atoms with Gasteiger partial charge in [-0.05, 0) is 23.8 Å². The van der Waals surface area contributed by atoms with E-state index in [-0.39, 0.29) is 6.10 Å². The van der Waals surface area contributed by atoms with E-state index < -0.39 is 0 Å². The molecule has 16 heavy (non-hydrogen) atoms. The fraction of sp³-hybridized carbons (Fsp3) is 0.214. The number of hydrogen-bond donors (Lipinski definition) is 1. The molecule has 2 aromatic rings. The van der Waals surface area contributed by atoms with Crippen LogP contribution in [0, 0.1) is 0 Å². The number of benzene rings is 1. The quantitative estimate of drug-likeness (QED) is 0.786. The van der Waals surface area contributed by atoms with Crippen LogP contribution >= 0.6 is 0 Å². The number of fused-ring (bicyclic) bond motifs is 1. The van der Waals surface area contributed by atoms with Crippen molar-refractivity contribution in [1.29, 1.82) is 0 Å². The molecular formula is C14H13NO. The molecule has 80 valence electrons. The van der Waals surface area contributed by atoms with E-state index in [9.17, 15) is 5.11 Å². The molecular weight excluding hydrogens is 198 g/mol. The van der Waals surface area contributed by atoms with Gasteiger partial charge in [0.2, 0.25) is 0 Å². The van der Waals surface area contributed by atoms with Gasteiger partial charge in [-0.3, -0.25) is 4.98 Å². The van der Waals surface area contributed by atoms with Crippen LogP contribution in [0.1, 0.15) is 18.4 Å². The van der Waals surface area contributed by atoms with E-state index in [2.05, 4.69) is 17.1 Å². The lowest BCUT2D eigenvalue weighted by molar-refractivity contribution is 0.223.